The maximum Gasteiger partial charge on any atom is 0.293 e. The van der Waals surface area contributed by atoms with Crippen molar-refractivity contribution in [2.45, 2.75) is 19.8 Å². The van der Waals surface area contributed by atoms with Gasteiger partial charge in [0, 0.05) is 23.8 Å². The maximum absolute atomic E-state index is 12.5. The molecule has 1 aliphatic heterocycles. The van der Waals surface area contributed by atoms with Crippen LogP contribution < -0.4 is 5.32 Å². The highest BCUT2D eigenvalue weighted by molar-refractivity contribution is 6.31. The highest BCUT2D eigenvalue weighted by Gasteiger charge is 2.27. The third-order valence-corrected chi connectivity index (χ3v) is 3.70. The van der Waals surface area contributed by atoms with Crippen molar-refractivity contribution in [3.05, 3.63) is 40.8 Å². The molecule has 0 aliphatic carbocycles. The molecule has 124 valence electrons. The lowest BCUT2D eigenvalue weighted by Gasteiger charge is -2.21. The number of halogens is 1. The zero-order valence-corrected chi connectivity index (χ0v) is 13.7. The standard InChI is InChI=1S/C16H20ClN3O3/c1-2-23-16(22)13(14(18)20-8-3-4-9-20)15(21)19-12-7-5-6-11(17)10-12/h5-7,10,18,22H,2-4,8-9H2,1H3,(H,19,21). The Morgan fingerprint density at radius 3 is 2.74 bits per heavy atom. The number of amidine groups is 1. The van der Waals surface area contributed by atoms with Crippen LogP contribution in [0.3, 0.4) is 0 Å². The second-order valence-corrected chi connectivity index (χ2v) is 5.56. The van der Waals surface area contributed by atoms with Crippen LogP contribution in [0, 0.1) is 5.41 Å². The van der Waals surface area contributed by atoms with Crippen LogP contribution in [-0.2, 0) is 9.53 Å². The number of nitrogens with one attached hydrogen (secondary N) is 2. The Balaban J connectivity index is 2.24. The van der Waals surface area contributed by atoms with Crippen molar-refractivity contribution in [2.24, 2.45) is 0 Å². The fourth-order valence-electron chi connectivity index (χ4n) is 2.37. The van der Waals surface area contributed by atoms with Crippen LogP contribution in [0.25, 0.3) is 0 Å². The van der Waals surface area contributed by atoms with E-state index in [1.54, 1.807) is 36.1 Å². The predicted molar refractivity (Wildman–Crippen MR) is 89.9 cm³/mol. The lowest BCUT2D eigenvalue weighted by atomic mass is 10.2. The van der Waals surface area contributed by atoms with Gasteiger partial charge < -0.3 is 20.1 Å². The molecule has 23 heavy (non-hydrogen) atoms. The first-order valence-corrected chi connectivity index (χ1v) is 7.87. The van der Waals surface area contributed by atoms with E-state index in [2.05, 4.69) is 5.32 Å². The van der Waals surface area contributed by atoms with Gasteiger partial charge in [-0.25, -0.2) is 0 Å². The van der Waals surface area contributed by atoms with Gasteiger partial charge in [0.1, 0.15) is 5.84 Å². The Bertz CT molecular complexity index is 625. The molecular formula is C16H20ClN3O3. The molecule has 0 spiro atoms. The van der Waals surface area contributed by atoms with E-state index >= 15 is 0 Å². The molecule has 0 saturated carbocycles. The van der Waals surface area contributed by atoms with Crippen molar-refractivity contribution >= 4 is 29.0 Å². The summed E-state index contributed by atoms with van der Waals surface area (Å²) in [5.41, 5.74) is 0.312. The number of ether oxygens (including phenoxy) is 1. The molecule has 1 aromatic rings. The van der Waals surface area contributed by atoms with Gasteiger partial charge >= 0.3 is 0 Å². The number of carbonyl (C=O) groups is 1. The van der Waals surface area contributed by atoms with Crippen LogP contribution in [0.1, 0.15) is 19.8 Å². The monoisotopic (exact) mass is 337 g/mol. The van der Waals surface area contributed by atoms with Crippen molar-refractivity contribution in [1.29, 1.82) is 5.41 Å². The van der Waals surface area contributed by atoms with Crippen LogP contribution in [-0.4, -0.2) is 41.4 Å². The van der Waals surface area contributed by atoms with E-state index in [9.17, 15) is 9.90 Å². The molecule has 1 saturated heterocycles. The van der Waals surface area contributed by atoms with E-state index in [-0.39, 0.29) is 18.0 Å². The number of amides is 1. The lowest BCUT2D eigenvalue weighted by Crippen LogP contribution is -2.34. The Kier molecular flexibility index (Phi) is 5.87. The van der Waals surface area contributed by atoms with E-state index in [1.165, 1.54) is 0 Å². The fourth-order valence-corrected chi connectivity index (χ4v) is 2.56. The number of nitrogens with zero attached hydrogens (tertiary/aromatic N) is 1. The van der Waals surface area contributed by atoms with Gasteiger partial charge in [-0.1, -0.05) is 17.7 Å². The Labute approximate surface area is 140 Å². The molecule has 0 radical (unpaired) electrons. The first-order chi connectivity index (χ1) is 11.0. The number of aliphatic hydroxyl groups is 1. The summed E-state index contributed by atoms with van der Waals surface area (Å²) >= 11 is 5.90. The van der Waals surface area contributed by atoms with Crippen LogP contribution in [0.2, 0.25) is 5.02 Å². The minimum atomic E-state index is -0.602. The Morgan fingerprint density at radius 1 is 1.43 bits per heavy atom. The van der Waals surface area contributed by atoms with Gasteiger partial charge in [-0.2, -0.15) is 0 Å². The minimum Gasteiger partial charge on any atom is -0.480 e. The fraction of sp³-hybridized carbons (Fsp3) is 0.375. The maximum atomic E-state index is 12.5. The first-order valence-electron chi connectivity index (χ1n) is 7.49. The summed E-state index contributed by atoms with van der Waals surface area (Å²) in [7, 11) is 0. The molecule has 1 aliphatic rings. The molecule has 0 unspecified atom stereocenters. The number of rotatable bonds is 5. The Morgan fingerprint density at radius 2 is 2.13 bits per heavy atom. The van der Waals surface area contributed by atoms with Gasteiger partial charge in [-0.05, 0) is 38.0 Å². The second kappa shape index (κ2) is 7.87. The molecule has 1 fully saturated rings. The van der Waals surface area contributed by atoms with Crippen LogP contribution in [0.5, 0.6) is 0 Å². The van der Waals surface area contributed by atoms with Crippen LogP contribution in [0.4, 0.5) is 5.69 Å². The number of hydrogen-bond donors (Lipinski definition) is 3. The second-order valence-electron chi connectivity index (χ2n) is 5.12. The molecule has 0 aromatic heterocycles. The van der Waals surface area contributed by atoms with E-state index in [1.807, 2.05) is 0 Å². The molecule has 1 heterocycles. The van der Waals surface area contributed by atoms with Gasteiger partial charge in [0.05, 0.1) is 6.61 Å². The zero-order valence-electron chi connectivity index (χ0n) is 12.9. The number of benzene rings is 1. The summed E-state index contributed by atoms with van der Waals surface area (Å²) in [6.07, 6.45) is 1.92. The summed E-state index contributed by atoms with van der Waals surface area (Å²) < 4.78 is 5.05. The number of aliphatic hydroxyl groups excluding tert-OH is 1. The third kappa shape index (κ3) is 4.39. The first kappa shape index (κ1) is 17.1. The van der Waals surface area contributed by atoms with Crippen molar-refractivity contribution in [2.75, 3.05) is 25.0 Å². The number of anilines is 1. The lowest BCUT2D eigenvalue weighted by molar-refractivity contribution is -0.113. The molecular weight excluding hydrogens is 318 g/mol. The molecule has 2 rings (SSSR count). The van der Waals surface area contributed by atoms with E-state index in [0.717, 1.165) is 12.8 Å². The van der Waals surface area contributed by atoms with Gasteiger partial charge in [0.2, 0.25) is 0 Å². The summed E-state index contributed by atoms with van der Waals surface area (Å²) in [5, 5.41) is 21.4. The van der Waals surface area contributed by atoms with E-state index in [0.29, 0.717) is 23.8 Å². The topological polar surface area (TPSA) is 85.7 Å². The highest BCUT2D eigenvalue weighted by Crippen LogP contribution is 2.19. The summed E-state index contributed by atoms with van der Waals surface area (Å²) in [4.78, 5) is 14.3. The summed E-state index contributed by atoms with van der Waals surface area (Å²) in [6, 6.07) is 6.67. The highest BCUT2D eigenvalue weighted by atomic mass is 35.5. The van der Waals surface area contributed by atoms with Crippen molar-refractivity contribution in [1.82, 2.24) is 4.90 Å². The molecule has 1 aromatic carbocycles. The SMILES string of the molecule is CCOC(O)=C(C(=N)N1CCCC1)C(=O)Nc1cccc(Cl)c1. The normalized spacial score (nSPS) is 15.1. The summed E-state index contributed by atoms with van der Waals surface area (Å²) in [5.74, 6) is -1.17. The molecule has 6 nitrogen and oxygen atoms in total. The average molecular weight is 338 g/mol. The molecule has 1 amide bonds. The predicted octanol–water partition coefficient (Wildman–Crippen LogP) is 3.16. The van der Waals surface area contributed by atoms with Gasteiger partial charge in [-0.3, -0.25) is 10.2 Å². The van der Waals surface area contributed by atoms with Gasteiger partial charge in [0.25, 0.3) is 11.9 Å². The van der Waals surface area contributed by atoms with Gasteiger partial charge in [0.15, 0.2) is 5.57 Å². The Hall–Kier alpha value is -2.21. The molecule has 0 bridgehead atoms. The number of likely N-dealkylation sites (tertiary alicyclic amines) is 1. The quantitative estimate of drug-likeness (QED) is 0.333. The number of hydrogen-bond acceptors (Lipinski definition) is 4. The smallest absolute Gasteiger partial charge is 0.293 e. The van der Waals surface area contributed by atoms with Gasteiger partial charge in [-0.15, -0.1) is 0 Å². The zero-order chi connectivity index (χ0) is 16.8. The number of carbonyl (C=O) groups excluding carboxylic acids is 1. The van der Waals surface area contributed by atoms with E-state index in [4.69, 9.17) is 21.7 Å². The largest absolute Gasteiger partial charge is 0.480 e. The van der Waals surface area contributed by atoms with Crippen molar-refractivity contribution < 1.29 is 14.6 Å². The van der Waals surface area contributed by atoms with E-state index < -0.39 is 11.9 Å². The molecule has 3 N–H and O–H groups in total. The van der Waals surface area contributed by atoms with Crippen molar-refractivity contribution in [3.8, 4) is 0 Å². The van der Waals surface area contributed by atoms with Crippen LogP contribution in [0.15, 0.2) is 35.8 Å². The third-order valence-electron chi connectivity index (χ3n) is 3.46. The van der Waals surface area contributed by atoms with Crippen LogP contribution >= 0.6 is 11.6 Å². The average Bonchev–Trinajstić information content (AvgIpc) is 3.01. The van der Waals surface area contributed by atoms with Crippen molar-refractivity contribution in [3.63, 3.8) is 0 Å². The minimum absolute atomic E-state index is 0.0343. The summed E-state index contributed by atoms with van der Waals surface area (Å²) in [6.45, 7) is 3.27. The molecule has 7 heteroatoms. The molecule has 0 atom stereocenters.